The van der Waals surface area contributed by atoms with Crippen LogP contribution in [0.25, 0.3) is 5.69 Å². The molecule has 0 radical (unpaired) electrons. The highest BCUT2D eigenvalue weighted by atomic mass is 19.4. The number of hydrogen-bond donors (Lipinski definition) is 3. The van der Waals surface area contributed by atoms with Crippen LogP contribution < -0.4 is 30.9 Å². The molecule has 19 heteroatoms. The highest BCUT2D eigenvalue weighted by Crippen LogP contribution is 2.29. The molecule has 0 saturated carbocycles. The van der Waals surface area contributed by atoms with E-state index in [0.717, 1.165) is 29.7 Å². The number of aromatic nitrogens is 4. The van der Waals surface area contributed by atoms with Crippen molar-refractivity contribution < 1.29 is 41.9 Å². The highest BCUT2D eigenvalue weighted by Gasteiger charge is 2.34. The number of carbonyl (C=O) groups excluding carboxylic acids is 5. The van der Waals surface area contributed by atoms with Crippen LogP contribution >= 0.6 is 0 Å². The van der Waals surface area contributed by atoms with Gasteiger partial charge in [-0.05, 0) is 61.4 Å². The smallest absolute Gasteiger partial charge is 0.433 e. The lowest BCUT2D eigenvalue weighted by Crippen LogP contribution is -2.51. The van der Waals surface area contributed by atoms with E-state index < -0.39 is 41.4 Å². The van der Waals surface area contributed by atoms with Gasteiger partial charge in [0, 0.05) is 63.7 Å². The van der Waals surface area contributed by atoms with E-state index in [1.807, 2.05) is 23.1 Å². The number of nitrogens with two attached hydrogens (primary N) is 1. The molecule has 4 aromatic rings. The summed E-state index contributed by atoms with van der Waals surface area (Å²) in [4.78, 5) is 75.8. The number of rotatable bonds is 9. The molecule has 3 fully saturated rings. The minimum absolute atomic E-state index is 0.0948. The first-order chi connectivity index (χ1) is 26.8. The summed E-state index contributed by atoms with van der Waals surface area (Å²) in [6.07, 6.45) is -0.658. The first-order valence-corrected chi connectivity index (χ1v) is 17.9. The van der Waals surface area contributed by atoms with Crippen LogP contribution in [0.4, 0.5) is 30.4 Å². The Labute approximate surface area is 317 Å². The molecule has 7 rings (SSSR count). The number of amides is 5. The van der Waals surface area contributed by atoms with Crippen LogP contribution in [0.2, 0.25) is 0 Å². The second-order valence-electron chi connectivity index (χ2n) is 13.6. The van der Waals surface area contributed by atoms with Gasteiger partial charge in [0.05, 0.1) is 23.8 Å². The molecule has 16 nitrogen and oxygen atoms in total. The molecule has 0 aliphatic carbocycles. The van der Waals surface area contributed by atoms with Gasteiger partial charge in [-0.1, -0.05) is 6.07 Å². The molecule has 0 bridgehead atoms. The van der Waals surface area contributed by atoms with E-state index in [1.165, 1.54) is 10.9 Å². The van der Waals surface area contributed by atoms with Crippen LogP contribution in [0.5, 0.6) is 5.75 Å². The molecule has 56 heavy (non-hydrogen) atoms. The molecule has 4 N–H and O–H groups in total. The Kier molecular flexibility index (Phi) is 10.6. The number of nitrogens with one attached hydrogen (secondary N) is 2. The number of halogens is 3. The van der Waals surface area contributed by atoms with Crippen molar-refractivity contribution in [2.24, 2.45) is 11.7 Å². The van der Waals surface area contributed by atoms with E-state index in [-0.39, 0.29) is 35.5 Å². The van der Waals surface area contributed by atoms with Crippen molar-refractivity contribution in [3.8, 4) is 11.4 Å². The van der Waals surface area contributed by atoms with Crippen LogP contribution in [0.1, 0.15) is 52.4 Å². The lowest BCUT2D eigenvalue weighted by molar-refractivity contribution is -0.141. The molecule has 0 spiro atoms. The van der Waals surface area contributed by atoms with Gasteiger partial charge in [-0.15, -0.1) is 0 Å². The van der Waals surface area contributed by atoms with Crippen molar-refractivity contribution in [1.82, 2.24) is 30.0 Å². The number of anilines is 3. The quantitative estimate of drug-likeness (QED) is 0.212. The average Bonchev–Trinajstić information content (AvgIpc) is 3.63. The standard InChI is InChI=1S/C37H37F3N10O6/c38-37(39,40)29-3-1-2-26(43-29)34(53)44-27-21-50(46-32(27)33(41)52)24-6-4-23(5-7-24)47-16-18-49(19-17-47)36(55)22-12-14-48(15-13-22)30-10-8-25(20-42-30)56-28-9-11-31(51)45-35(28)54/h1-8,10,20-22,28H,9,11-19H2,(H2,41,52)(H,44,53)(H,45,51,54). The molecule has 1 aromatic carbocycles. The summed E-state index contributed by atoms with van der Waals surface area (Å²) in [7, 11) is 0. The summed E-state index contributed by atoms with van der Waals surface area (Å²) in [5.41, 5.74) is 4.79. The highest BCUT2D eigenvalue weighted by molar-refractivity contribution is 6.07. The van der Waals surface area contributed by atoms with Gasteiger partial charge < -0.3 is 30.5 Å². The van der Waals surface area contributed by atoms with E-state index in [4.69, 9.17) is 10.5 Å². The van der Waals surface area contributed by atoms with Crippen molar-refractivity contribution in [1.29, 1.82) is 0 Å². The summed E-state index contributed by atoms with van der Waals surface area (Å²) in [6.45, 7) is 3.69. The van der Waals surface area contributed by atoms with Gasteiger partial charge in [-0.25, -0.2) is 14.6 Å². The second-order valence-corrected chi connectivity index (χ2v) is 13.6. The fourth-order valence-corrected chi connectivity index (χ4v) is 6.88. The molecule has 292 valence electrons. The molecular formula is C37H37F3N10O6. The second kappa shape index (κ2) is 15.7. The predicted molar refractivity (Wildman–Crippen MR) is 194 cm³/mol. The van der Waals surface area contributed by atoms with Crippen LogP contribution in [0.3, 0.4) is 0 Å². The maximum atomic E-state index is 13.5. The number of carbonyl (C=O) groups is 5. The van der Waals surface area contributed by atoms with E-state index in [0.29, 0.717) is 70.0 Å². The number of piperazine rings is 1. The lowest BCUT2D eigenvalue weighted by atomic mass is 9.95. The van der Waals surface area contributed by atoms with Gasteiger partial charge in [0.15, 0.2) is 11.8 Å². The Balaban J connectivity index is 0.895. The van der Waals surface area contributed by atoms with E-state index in [1.54, 1.807) is 24.4 Å². The number of alkyl halides is 3. The van der Waals surface area contributed by atoms with Crippen molar-refractivity contribution in [2.75, 3.05) is 54.4 Å². The minimum atomic E-state index is -4.74. The SMILES string of the molecule is NC(=O)c1nn(-c2ccc(N3CCN(C(=O)C4CCN(c5ccc(OC6CCC(=O)NC6=O)cn5)CC4)CC3)cc2)cc1NC(=O)c1cccc(C(F)(F)F)n1. The van der Waals surface area contributed by atoms with Crippen LogP contribution in [0, 0.1) is 5.92 Å². The van der Waals surface area contributed by atoms with E-state index in [2.05, 4.69) is 35.5 Å². The molecule has 3 saturated heterocycles. The Morgan fingerprint density at radius 1 is 0.875 bits per heavy atom. The van der Waals surface area contributed by atoms with Gasteiger partial charge in [0.1, 0.15) is 23.0 Å². The van der Waals surface area contributed by atoms with Gasteiger partial charge in [-0.3, -0.25) is 29.3 Å². The van der Waals surface area contributed by atoms with Gasteiger partial charge in [0.25, 0.3) is 17.7 Å². The Morgan fingerprint density at radius 2 is 1.59 bits per heavy atom. The summed E-state index contributed by atoms with van der Waals surface area (Å²) < 4.78 is 46.4. The summed E-state index contributed by atoms with van der Waals surface area (Å²) in [5.74, 6) is -1.45. The summed E-state index contributed by atoms with van der Waals surface area (Å²) in [6, 6.07) is 13.7. The first-order valence-electron chi connectivity index (χ1n) is 17.9. The average molecular weight is 775 g/mol. The molecular weight excluding hydrogens is 737 g/mol. The third-order valence-corrected chi connectivity index (χ3v) is 9.89. The fourth-order valence-electron chi connectivity index (χ4n) is 6.88. The molecule has 6 heterocycles. The zero-order chi connectivity index (χ0) is 39.6. The number of nitrogens with zero attached hydrogens (tertiary/aromatic N) is 7. The maximum Gasteiger partial charge on any atom is 0.433 e. The van der Waals surface area contributed by atoms with E-state index in [9.17, 15) is 37.1 Å². The fraction of sp³-hybridized carbons (Fsp3) is 0.351. The Bertz CT molecular complexity index is 2130. The topological polar surface area (TPSA) is 198 Å². The number of imide groups is 1. The molecule has 3 aromatic heterocycles. The Hall–Kier alpha value is -6.53. The number of pyridine rings is 2. The molecule has 3 aliphatic rings. The van der Waals surface area contributed by atoms with Crippen molar-refractivity contribution in [3.05, 3.63) is 84.1 Å². The van der Waals surface area contributed by atoms with Gasteiger partial charge in [0.2, 0.25) is 11.8 Å². The van der Waals surface area contributed by atoms with Crippen molar-refractivity contribution in [3.63, 3.8) is 0 Å². The third-order valence-electron chi connectivity index (χ3n) is 9.89. The van der Waals surface area contributed by atoms with Gasteiger partial charge in [-0.2, -0.15) is 18.3 Å². The minimum Gasteiger partial charge on any atom is -0.479 e. The van der Waals surface area contributed by atoms with Crippen molar-refractivity contribution >= 4 is 46.7 Å². The Morgan fingerprint density at radius 3 is 2.23 bits per heavy atom. The van der Waals surface area contributed by atoms with Crippen LogP contribution in [-0.2, 0) is 20.6 Å². The summed E-state index contributed by atoms with van der Waals surface area (Å²) in [5, 5.41) is 8.84. The first kappa shape index (κ1) is 37.8. The predicted octanol–water partition coefficient (Wildman–Crippen LogP) is 2.78. The van der Waals surface area contributed by atoms with Crippen molar-refractivity contribution in [2.45, 2.75) is 38.0 Å². The number of piperidine rings is 2. The zero-order valence-corrected chi connectivity index (χ0v) is 29.9. The maximum absolute atomic E-state index is 13.5. The number of primary amides is 1. The number of benzene rings is 1. The van der Waals surface area contributed by atoms with Crippen LogP contribution in [0.15, 0.2) is 67.0 Å². The van der Waals surface area contributed by atoms with Gasteiger partial charge >= 0.3 is 6.18 Å². The zero-order valence-electron chi connectivity index (χ0n) is 29.9. The van der Waals surface area contributed by atoms with E-state index >= 15 is 0 Å². The number of hydrogen-bond acceptors (Lipinski definition) is 11. The molecule has 1 unspecified atom stereocenters. The molecule has 3 aliphatic heterocycles. The third kappa shape index (κ3) is 8.40. The lowest BCUT2D eigenvalue weighted by Gasteiger charge is -2.39. The molecule has 5 amide bonds. The van der Waals surface area contributed by atoms with Crippen LogP contribution in [-0.4, -0.2) is 99.6 Å². The normalized spacial score (nSPS) is 18.1. The largest absolute Gasteiger partial charge is 0.479 e. The summed E-state index contributed by atoms with van der Waals surface area (Å²) >= 11 is 0. The molecule has 1 atom stereocenters. The monoisotopic (exact) mass is 774 g/mol. The number of ether oxygens (including phenoxy) is 1.